The van der Waals surface area contributed by atoms with Crippen LogP contribution in [0.4, 0.5) is 5.69 Å². The van der Waals surface area contributed by atoms with Gasteiger partial charge in [-0.1, -0.05) is 42.5 Å². The highest BCUT2D eigenvalue weighted by molar-refractivity contribution is 7.88. The van der Waals surface area contributed by atoms with E-state index in [1.165, 1.54) is 18.2 Å². The van der Waals surface area contributed by atoms with Crippen LogP contribution >= 0.6 is 0 Å². The van der Waals surface area contributed by atoms with Crippen molar-refractivity contribution < 1.29 is 13.3 Å². The average molecular weight is 320 g/mol. The second kappa shape index (κ2) is 6.67. The summed E-state index contributed by atoms with van der Waals surface area (Å²) in [7, 11) is -3.60. The van der Waals surface area contributed by atoms with E-state index in [9.17, 15) is 18.5 Å². The number of nitrogens with zero attached hydrogens (tertiary/aromatic N) is 1. The zero-order chi connectivity index (χ0) is 16.2. The summed E-state index contributed by atoms with van der Waals surface area (Å²) >= 11 is 0. The molecule has 0 heterocycles. The maximum Gasteiger partial charge on any atom is 0.269 e. The van der Waals surface area contributed by atoms with Crippen molar-refractivity contribution in [2.45, 2.75) is 18.7 Å². The summed E-state index contributed by atoms with van der Waals surface area (Å²) < 4.78 is 26.9. The van der Waals surface area contributed by atoms with Gasteiger partial charge in [-0.25, -0.2) is 13.1 Å². The third-order valence-electron chi connectivity index (χ3n) is 3.13. The lowest BCUT2D eigenvalue weighted by Crippen LogP contribution is -2.28. The lowest BCUT2D eigenvalue weighted by atomic mass is 10.1. The van der Waals surface area contributed by atoms with Gasteiger partial charge in [-0.15, -0.1) is 0 Å². The summed E-state index contributed by atoms with van der Waals surface area (Å²) in [6.07, 6.45) is 0. The lowest BCUT2D eigenvalue weighted by Gasteiger charge is -2.14. The number of non-ortho nitro benzene ring substituents is 1. The van der Waals surface area contributed by atoms with E-state index in [0.717, 1.165) is 5.56 Å². The Hall–Kier alpha value is -2.25. The minimum absolute atomic E-state index is 0.121. The molecule has 2 rings (SSSR count). The topological polar surface area (TPSA) is 89.3 Å². The van der Waals surface area contributed by atoms with E-state index >= 15 is 0 Å². The molecule has 0 fully saturated rings. The van der Waals surface area contributed by atoms with E-state index in [2.05, 4.69) is 4.72 Å². The summed E-state index contributed by atoms with van der Waals surface area (Å²) in [6, 6.07) is 14.5. The SMILES string of the molecule is CC(NS(=O)(=O)Cc1cccc([N+](=O)[O-])c1)c1ccccc1. The van der Waals surface area contributed by atoms with Crippen LogP contribution in [0.2, 0.25) is 0 Å². The van der Waals surface area contributed by atoms with Gasteiger partial charge in [-0.2, -0.15) is 0 Å². The highest BCUT2D eigenvalue weighted by Gasteiger charge is 2.17. The van der Waals surface area contributed by atoms with E-state index in [1.54, 1.807) is 13.0 Å². The standard InChI is InChI=1S/C15H16N2O4S/c1-12(14-7-3-2-4-8-14)16-22(20,21)11-13-6-5-9-15(10-13)17(18)19/h2-10,12,16H,11H2,1H3. The van der Waals surface area contributed by atoms with Crippen molar-refractivity contribution in [2.75, 3.05) is 0 Å². The minimum atomic E-state index is -3.60. The largest absolute Gasteiger partial charge is 0.269 e. The van der Waals surface area contributed by atoms with E-state index in [-0.39, 0.29) is 17.5 Å². The minimum Gasteiger partial charge on any atom is -0.258 e. The normalized spacial score (nSPS) is 12.8. The lowest BCUT2D eigenvalue weighted by molar-refractivity contribution is -0.384. The molecule has 0 aliphatic heterocycles. The Morgan fingerprint density at radius 3 is 2.45 bits per heavy atom. The molecule has 0 radical (unpaired) electrons. The Bertz CT molecular complexity index is 760. The zero-order valence-electron chi connectivity index (χ0n) is 12.0. The Labute approximate surface area is 129 Å². The number of rotatable bonds is 6. The van der Waals surface area contributed by atoms with Crippen molar-refractivity contribution in [3.05, 3.63) is 75.8 Å². The maximum atomic E-state index is 12.2. The molecule has 0 aliphatic rings. The van der Waals surface area contributed by atoms with Crippen molar-refractivity contribution in [2.24, 2.45) is 0 Å². The molecule has 22 heavy (non-hydrogen) atoms. The fourth-order valence-corrected chi connectivity index (χ4v) is 3.48. The first-order chi connectivity index (χ1) is 10.4. The summed E-state index contributed by atoms with van der Waals surface area (Å²) in [4.78, 5) is 10.2. The molecular weight excluding hydrogens is 304 g/mol. The predicted octanol–water partition coefficient (Wildman–Crippen LogP) is 2.78. The van der Waals surface area contributed by atoms with E-state index in [4.69, 9.17) is 0 Å². The van der Waals surface area contributed by atoms with Gasteiger partial charge in [0, 0.05) is 18.2 Å². The van der Waals surface area contributed by atoms with Crippen molar-refractivity contribution in [1.82, 2.24) is 4.72 Å². The molecular formula is C15H16N2O4S. The maximum absolute atomic E-state index is 12.2. The second-order valence-corrected chi connectivity index (χ2v) is 6.69. The third-order valence-corrected chi connectivity index (χ3v) is 4.56. The van der Waals surface area contributed by atoms with Gasteiger partial charge in [0.2, 0.25) is 10.0 Å². The molecule has 0 saturated heterocycles. The Morgan fingerprint density at radius 2 is 1.82 bits per heavy atom. The summed E-state index contributed by atoms with van der Waals surface area (Å²) in [6.45, 7) is 1.75. The van der Waals surface area contributed by atoms with Crippen LogP contribution in [0.3, 0.4) is 0 Å². The molecule has 0 spiro atoms. The van der Waals surface area contributed by atoms with Gasteiger partial charge in [0.1, 0.15) is 0 Å². The zero-order valence-corrected chi connectivity index (χ0v) is 12.8. The molecule has 7 heteroatoms. The molecule has 0 aromatic heterocycles. The van der Waals surface area contributed by atoms with Gasteiger partial charge >= 0.3 is 0 Å². The van der Waals surface area contributed by atoms with Crippen molar-refractivity contribution >= 4 is 15.7 Å². The van der Waals surface area contributed by atoms with E-state index in [1.807, 2.05) is 30.3 Å². The first kappa shape index (κ1) is 16.1. The average Bonchev–Trinajstić information content (AvgIpc) is 2.47. The summed E-state index contributed by atoms with van der Waals surface area (Å²) in [5.41, 5.74) is 1.11. The van der Waals surface area contributed by atoms with Gasteiger partial charge in [0.15, 0.2) is 0 Å². The monoisotopic (exact) mass is 320 g/mol. The van der Waals surface area contributed by atoms with Crippen LogP contribution in [0.1, 0.15) is 24.1 Å². The van der Waals surface area contributed by atoms with Crippen LogP contribution in [0.5, 0.6) is 0 Å². The first-order valence-electron chi connectivity index (χ1n) is 6.66. The quantitative estimate of drug-likeness (QED) is 0.654. The number of nitro benzene ring substituents is 1. The highest BCUT2D eigenvalue weighted by Crippen LogP contribution is 2.17. The van der Waals surface area contributed by atoms with Crippen LogP contribution in [-0.2, 0) is 15.8 Å². The van der Waals surface area contributed by atoms with Gasteiger partial charge in [0.05, 0.1) is 10.7 Å². The number of hydrogen-bond acceptors (Lipinski definition) is 4. The van der Waals surface area contributed by atoms with Gasteiger partial charge in [-0.05, 0) is 18.1 Å². The van der Waals surface area contributed by atoms with Gasteiger partial charge < -0.3 is 0 Å². The third kappa shape index (κ3) is 4.37. The molecule has 6 nitrogen and oxygen atoms in total. The Balaban J connectivity index is 2.11. The van der Waals surface area contributed by atoms with Gasteiger partial charge in [-0.3, -0.25) is 10.1 Å². The highest BCUT2D eigenvalue weighted by atomic mass is 32.2. The van der Waals surface area contributed by atoms with Crippen molar-refractivity contribution in [3.63, 3.8) is 0 Å². The van der Waals surface area contributed by atoms with Crippen LogP contribution < -0.4 is 4.72 Å². The van der Waals surface area contributed by atoms with Crippen molar-refractivity contribution in [1.29, 1.82) is 0 Å². The van der Waals surface area contributed by atoms with Crippen LogP contribution in [0.25, 0.3) is 0 Å². The van der Waals surface area contributed by atoms with E-state index in [0.29, 0.717) is 5.56 Å². The number of nitro groups is 1. The van der Waals surface area contributed by atoms with Crippen LogP contribution in [0, 0.1) is 10.1 Å². The van der Waals surface area contributed by atoms with Crippen LogP contribution in [-0.4, -0.2) is 13.3 Å². The molecule has 1 unspecified atom stereocenters. The molecule has 0 amide bonds. The summed E-state index contributed by atoms with van der Waals surface area (Å²) in [5.74, 6) is -0.300. The number of nitrogens with one attached hydrogen (secondary N) is 1. The Morgan fingerprint density at radius 1 is 1.14 bits per heavy atom. The molecule has 2 aromatic rings. The summed E-state index contributed by atoms with van der Waals surface area (Å²) in [5, 5.41) is 10.7. The molecule has 2 aromatic carbocycles. The molecule has 0 aliphatic carbocycles. The van der Waals surface area contributed by atoms with Crippen LogP contribution in [0.15, 0.2) is 54.6 Å². The second-order valence-electron chi connectivity index (χ2n) is 4.94. The molecule has 1 atom stereocenters. The number of sulfonamides is 1. The fourth-order valence-electron chi connectivity index (χ4n) is 2.10. The van der Waals surface area contributed by atoms with E-state index < -0.39 is 14.9 Å². The number of benzene rings is 2. The van der Waals surface area contributed by atoms with Crippen molar-refractivity contribution in [3.8, 4) is 0 Å². The molecule has 116 valence electrons. The molecule has 0 bridgehead atoms. The molecule has 0 saturated carbocycles. The first-order valence-corrected chi connectivity index (χ1v) is 8.31. The fraction of sp³-hybridized carbons (Fsp3) is 0.200. The molecule has 1 N–H and O–H groups in total. The number of hydrogen-bond donors (Lipinski definition) is 1. The Kier molecular flexibility index (Phi) is 4.89. The smallest absolute Gasteiger partial charge is 0.258 e. The van der Waals surface area contributed by atoms with Gasteiger partial charge in [0.25, 0.3) is 5.69 Å². The predicted molar refractivity (Wildman–Crippen MR) is 83.7 cm³/mol.